The number of hydrogen-bond donors (Lipinski definition) is 1. The van der Waals surface area contributed by atoms with Crippen molar-refractivity contribution in [2.75, 3.05) is 6.61 Å². The van der Waals surface area contributed by atoms with Gasteiger partial charge in [0.05, 0.1) is 17.6 Å². The fourth-order valence-corrected chi connectivity index (χ4v) is 1.93. The molecule has 0 aliphatic carbocycles. The molecule has 0 saturated carbocycles. The zero-order valence-electron chi connectivity index (χ0n) is 11.7. The van der Waals surface area contributed by atoms with Gasteiger partial charge in [-0.25, -0.2) is 0 Å². The van der Waals surface area contributed by atoms with Gasteiger partial charge in [-0.15, -0.1) is 6.58 Å². The molecule has 0 unspecified atom stereocenters. The number of aliphatic hydroxyl groups excluding tert-OH is 1. The molecule has 0 spiro atoms. The Labute approximate surface area is 109 Å². The number of aliphatic hydroxyl groups is 1. The Morgan fingerprint density at radius 2 is 2.06 bits per heavy atom. The smallest absolute Gasteiger partial charge is 0.311 e. The van der Waals surface area contributed by atoms with Crippen LogP contribution in [-0.4, -0.2) is 36.0 Å². The fourth-order valence-electron chi connectivity index (χ4n) is 1.93. The summed E-state index contributed by atoms with van der Waals surface area (Å²) in [5.41, 5.74) is -0.532. The van der Waals surface area contributed by atoms with Crippen molar-refractivity contribution in [3.63, 3.8) is 0 Å². The fraction of sp³-hybridized carbons (Fsp3) is 0.786. The maximum atomic E-state index is 11.6. The number of carbonyl (C=O) groups excluding carboxylic acids is 1. The minimum absolute atomic E-state index is 0.0290. The van der Waals surface area contributed by atoms with Gasteiger partial charge in [0, 0.05) is 5.92 Å². The molecule has 1 N–H and O–H groups in total. The van der Waals surface area contributed by atoms with E-state index in [9.17, 15) is 9.90 Å². The van der Waals surface area contributed by atoms with Crippen LogP contribution in [0.15, 0.2) is 12.7 Å². The molecule has 0 radical (unpaired) electrons. The van der Waals surface area contributed by atoms with Crippen molar-refractivity contribution < 1.29 is 19.4 Å². The van der Waals surface area contributed by atoms with Gasteiger partial charge in [-0.05, 0) is 27.2 Å². The molecule has 104 valence electrons. The largest absolute Gasteiger partial charge is 0.462 e. The summed E-state index contributed by atoms with van der Waals surface area (Å²) in [7, 11) is 0. The van der Waals surface area contributed by atoms with Crippen LogP contribution in [0.4, 0.5) is 0 Å². The first kappa shape index (κ1) is 15.2. The van der Waals surface area contributed by atoms with Crippen molar-refractivity contribution in [2.45, 2.75) is 52.4 Å². The van der Waals surface area contributed by atoms with E-state index < -0.39 is 17.6 Å². The Balaban J connectivity index is 2.49. The lowest BCUT2D eigenvalue weighted by Crippen LogP contribution is -2.33. The average Bonchev–Trinajstić information content (AvgIpc) is 2.53. The molecular formula is C14H24O4. The van der Waals surface area contributed by atoms with Crippen LogP contribution in [0.25, 0.3) is 0 Å². The Morgan fingerprint density at radius 1 is 1.44 bits per heavy atom. The topological polar surface area (TPSA) is 55.8 Å². The molecule has 4 atom stereocenters. The summed E-state index contributed by atoms with van der Waals surface area (Å²) in [5, 5.41) is 10.0. The van der Waals surface area contributed by atoms with Gasteiger partial charge in [0.1, 0.15) is 12.7 Å². The molecule has 0 amide bonds. The molecule has 0 aromatic heterocycles. The Hall–Kier alpha value is -0.870. The highest BCUT2D eigenvalue weighted by Gasteiger charge is 2.41. The van der Waals surface area contributed by atoms with Gasteiger partial charge in [-0.2, -0.15) is 0 Å². The highest BCUT2D eigenvalue weighted by Crippen LogP contribution is 2.29. The maximum absolute atomic E-state index is 11.6. The van der Waals surface area contributed by atoms with Gasteiger partial charge in [0.25, 0.3) is 0 Å². The molecule has 1 heterocycles. The van der Waals surface area contributed by atoms with Gasteiger partial charge in [0.15, 0.2) is 0 Å². The first-order valence-corrected chi connectivity index (χ1v) is 6.39. The highest BCUT2D eigenvalue weighted by molar-refractivity contribution is 5.75. The minimum Gasteiger partial charge on any atom is -0.462 e. The highest BCUT2D eigenvalue weighted by atomic mass is 16.6. The molecule has 18 heavy (non-hydrogen) atoms. The van der Waals surface area contributed by atoms with E-state index in [-0.39, 0.29) is 24.6 Å². The third-order valence-electron chi connectivity index (χ3n) is 3.25. The lowest BCUT2D eigenvalue weighted by Gasteiger charge is -2.20. The van der Waals surface area contributed by atoms with Crippen LogP contribution in [0.1, 0.15) is 34.1 Å². The SMILES string of the molecule is C=CC[C@H]1O[C@@H](COC(=O)C(C)(C)C)[C@H](O)[C@H]1C. The van der Waals surface area contributed by atoms with Gasteiger partial charge in [0.2, 0.25) is 0 Å². The summed E-state index contributed by atoms with van der Waals surface area (Å²) in [4.78, 5) is 11.6. The zero-order chi connectivity index (χ0) is 13.9. The van der Waals surface area contributed by atoms with Crippen LogP contribution in [0.2, 0.25) is 0 Å². The van der Waals surface area contributed by atoms with Crippen molar-refractivity contribution in [3.8, 4) is 0 Å². The van der Waals surface area contributed by atoms with Crippen molar-refractivity contribution in [2.24, 2.45) is 11.3 Å². The van der Waals surface area contributed by atoms with Crippen LogP contribution in [0.3, 0.4) is 0 Å². The summed E-state index contributed by atoms with van der Waals surface area (Å²) in [6.45, 7) is 11.1. The van der Waals surface area contributed by atoms with Gasteiger partial charge < -0.3 is 14.6 Å². The second-order valence-corrected chi connectivity index (χ2v) is 5.94. The molecule has 0 aromatic carbocycles. The van der Waals surface area contributed by atoms with E-state index in [2.05, 4.69) is 6.58 Å². The Kier molecular flexibility index (Phi) is 4.93. The Morgan fingerprint density at radius 3 is 2.56 bits per heavy atom. The summed E-state index contributed by atoms with van der Waals surface area (Å²) in [6, 6.07) is 0. The molecule has 4 nitrogen and oxygen atoms in total. The van der Waals surface area contributed by atoms with E-state index in [0.29, 0.717) is 6.42 Å². The van der Waals surface area contributed by atoms with Gasteiger partial charge in [-0.1, -0.05) is 13.0 Å². The molecule has 1 aliphatic rings. The monoisotopic (exact) mass is 256 g/mol. The van der Waals surface area contributed by atoms with Crippen LogP contribution in [-0.2, 0) is 14.3 Å². The van der Waals surface area contributed by atoms with E-state index >= 15 is 0 Å². The van der Waals surface area contributed by atoms with Crippen molar-refractivity contribution in [3.05, 3.63) is 12.7 Å². The third-order valence-corrected chi connectivity index (χ3v) is 3.25. The van der Waals surface area contributed by atoms with Crippen molar-refractivity contribution in [1.29, 1.82) is 0 Å². The van der Waals surface area contributed by atoms with Crippen LogP contribution < -0.4 is 0 Å². The second kappa shape index (κ2) is 5.85. The predicted octanol–water partition coefficient (Wildman–Crippen LogP) is 1.92. The second-order valence-electron chi connectivity index (χ2n) is 5.94. The molecule has 1 aliphatic heterocycles. The normalized spacial score (nSPS) is 32.3. The summed E-state index contributed by atoms with van der Waals surface area (Å²) in [5.74, 6) is -0.250. The average molecular weight is 256 g/mol. The number of hydrogen-bond acceptors (Lipinski definition) is 4. The van der Waals surface area contributed by atoms with E-state index in [1.165, 1.54) is 0 Å². The first-order valence-electron chi connectivity index (χ1n) is 6.39. The summed E-state index contributed by atoms with van der Waals surface area (Å²) in [6.07, 6.45) is 1.40. The standard InChI is InChI=1S/C14H24O4/c1-6-7-10-9(2)12(15)11(18-10)8-17-13(16)14(3,4)5/h6,9-12,15H,1,7-8H2,2-5H3/t9-,10+,11-,12+/m0/s1. The summed E-state index contributed by atoms with van der Waals surface area (Å²) >= 11 is 0. The van der Waals surface area contributed by atoms with Crippen LogP contribution in [0, 0.1) is 11.3 Å². The van der Waals surface area contributed by atoms with E-state index in [0.717, 1.165) is 0 Å². The Bertz CT molecular complexity index is 305. The predicted molar refractivity (Wildman–Crippen MR) is 69.1 cm³/mol. The quantitative estimate of drug-likeness (QED) is 0.616. The van der Waals surface area contributed by atoms with Crippen molar-refractivity contribution in [1.82, 2.24) is 0 Å². The van der Waals surface area contributed by atoms with E-state index in [1.54, 1.807) is 26.8 Å². The number of ether oxygens (including phenoxy) is 2. The van der Waals surface area contributed by atoms with Crippen LogP contribution >= 0.6 is 0 Å². The molecule has 4 heteroatoms. The molecular weight excluding hydrogens is 232 g/mol. The molecule has 0 aromatic rings. The van der Waals surface area contributed by atoms with Gasteiger partial charge >= 0.3 is 5.97 Å². The van der Waals surface area contributed by atoms with Crippen LogP contribution in [0.5, 0.6) is 0 Å². The number of rotatable bonds is 4. The maximum Gasteiger partial charge on any atom is 0.311 e. The molecule has 1 fully saturated rings. The first-order chi connectivity index (χ1) is 8.27. The number of esters is 1. The lowest BCUT2D eigenvalue weighted by atomic mass is 9.96. The van der Waals surface area contributed by atoms with Gasteiger partial charge in [-0.3, -0.25) is 4.79 Å². The van der Waals surface area contributed by atoms with Crippen molar-refractivity contribution >= 4 is 5.97 Å². The lowest BCUT2D eigenvalue weighted by molar-refractivity contribution is -0.158. The molecule has 1 rings (SSSR count). The van der Waals surface area contributed by atoms with E-state index in [4.69, 9.17) is 9.47 Å². The summed E-state index contributed by atoms with van der Waals surface area (Å²) < 4.78 is 10.9. The molecule has 1 saturated heterocycles. The minimum atomic E-state index is -0.595. The number of carbonyl (C=O) groups is 1. The van der Waals surface area contributed by atoms with E-state index in [1.807, 2.05) is 6.92 Å². The third kappa shape index (κ3) is 3.56. The zero-order valence-corrected chi connectivity index (χ0v) is 11.7. The molecule has 0 bridgehead atoms.